The zero-order valence-electron chi connectivity index (χ0n) is 8.17. The molecule has 15 heavy (non-hydrogen) atoms. The molecule has 0 aromatic carbocycles. The zero-order chi connectivity index (χ0) is 10.7. The van der Waals surface area contributed by atoms with Gasteiger partial charge >= 0.3 is 0 Å². The molecule has 1 N–H and O–H groups in total. The van der Waals surface area contributed by atoms with Gasteiger partial charge in [0.05, 0.1) is 12.3 Å². The number of hydrogen-bond acceptors (Lipinski definition) is 3. The second kappa shape index (κ2) is 5.14. The fourth-order valence-corrected chi connectivity index (χ4v) is 2.05. The van der Waals surface area contributed by atoms with E-state index >= 15 is 0 Å². The number of hydrogen-bond donors (Lipinski definition) is 1. The van der Waals surface area contributed by atoms with E-state index < -0.39 is 0 Å². The summed E-state index contributed by atoms with van der Waals surface area (Å²) in [6.07, 6.45) is 2.80. The number of pyridine rings is 1. The summed E-state index contributed by atoms with van der Waals surface area (Å²) in [5.41, 5.74) is 0.873. The largest absolute Gasteiger partial charge is 0.382 e. The van der Waals surface area contributed by atoms with Crippen LogP contribution >= 0.6 is 27.5 Å². The van der Waals surface area contributed by atoms with E-state index in [9.17, 15) is 0 Å². The van der Waals surface area contributed by atoms with Crippen molar-refractivity contribution in [2.75, 3.05) is 25.1 Å². The van der Waals surface area contributed by atoms with Crippen molar-refractivity contribution in [3.63, 3.8) is 0 Å². The molecule has 0 amide bonds. The first kappa shape index (κ1) is 11.2. The topological polar surface area (TPSA) is 34.2 Å². The maximum Gasteiger partial charge on any atom is 0.152 e. The van der Waals surface area contributed by atoms with Crippen molar-refractivity contribution in [1.82, 2.24) is 4.98 Å². The minimum absolute atomic E-state index is 0.511. The van der Waals surface area contributed by atoms with Crippen LogP contribution in [0, 0.1) is 5.92 Å². The van der Waals surface area contributed by atoms with Crippen LogP contribution < -0.4 is 5.32 Å². The van der Waals surface area contributed by atoms with E-state index in [-0.39, 0.29) is 0 Å². The van der Waals surface area contributed by atoms with Crippen LogP contribution in [0.4, 0.5) is 5.69 Å². The van der Waals surface area contributed by atoms with Crippen LogP contribution in [0.5, 0.6) is 0 Å². The molecule has 0 aliphatic carbocycles. The first-order chi connectivity index (χ1) is 7.25. The summed E-state index contributed by atoms with van der Waals surface area (Å²) in [6.45, 7) is 2.60. The summed E-state index contributed by atoms with van der Waals surface area (Å²) in [6, 6.07) is 1.94. The normalized spacial score (nSPS) is 20.5. The molecule has 2 rings (SSSR count). The molecule has 1 atom stereocenters. The summed E-state index contributed by atoms with van der Waals surface area (Å²) in [5.74, 6) is 0.583. The van der Waals surface area contributed by atoms with Crippen LogP contribution in [-0.2, 0) is 4.74 Å². The first-order valence-electron chi connectivity index (χ1n) is 4.88. The van der Waals surface area contributed by atoms with Gasteiger partial charge in [0.25, 0.3) is 0 Å². The van der Waals surface area contributed by atoms with E-state index in [2.05, 4.69) is 26.2 Å². The highest BCUT2D eigenvalue weighted by atomic mass is 79.9. The quantitative estimate of drug-likeness (QED) is 0.870. The Bertz CT molecular complexity index is 342. The van der Waals surface area contributed by atoms with Crippen LogP contribution in [0.25, 0.3) is 0 Å². The molecule has 1 fully saturated rings. The Labute approximate surface area is 102 Å². The highest BCUT2D eigenvalue weighted by Crippen LogP contribution is 2.23. The minimum Gasteiger partial charge on any atom is -0.382 e. The van der Waals surface area contributed by atoms with E-state index in [1.165, 1.54) is 0 Å². The van der Waals surface area contributed by atoms with Crippen molar-refractivity contribution in [2.24, 2.45) is 5.92 Å². The molecule has 0 radical (unpaired) electrons. The number of anilines is 1. The Morgan fingerprint density at radius 2 is 2.53 bits per heavy atom. The maximum atomic E-state index is 5.96. The predicted octanol–water partition coefficient (Wildman–Crippen LogP) is 2.95. The summed E-state index contributed by atoms with van der Waals surface area (Å²) in [4.78, 5) is 4.05. The smallest absolute Gasteiger partial charge is 0.152 e. The molecule has 1 aliphatic rings. The predicted molar refractivity (Wildman–Crippen MR) is 64.4 cm³/mol. The molecule has 1 aromatic heterocycles. The Morgan fingerprint density at radius 1 is 1.67 bits per heavy atom. The highest BCUT2D eigenvalue weighted by molar-refractivity contribution is 9.10. The molecule has 0 saturated carbocycles. The lowest BCUT2D eigenvalue weighted by molar-refractivity contribution is 0.187. The lowest BCUT2D eigenvalue weighted by Crippen LogP contribution is -2.14. The van der Waals surface area contributed by atoms with Crippen LogP contribution in [0.3, 0.4) is 0 Å². The molecule has 1 aliphatic heterocycles. The summed E-state index contributed by atoms with van der Waals surface area (Å²) < 4.78 is 6.23. The monoisotopic (exact) mass is 290 g/mol. The molecule has 5 heteroatoms. The van der Waals surface area contributed by atoms with Crippen LogP contribution in [0.1, 0.15) is 6.42 Å². The molecule has 0 spiro atoms. The number of rotatable bonds is 3. The van der Waals surface area contributed by atoms with Crippen molar-refractivity contribution in [2.45, 2.75) is 6.42 Å². The lowest BCUT2D eigenvalue weighted by atomic mass is 10.1. The van der Waals surface area contributed by atoms with Gasteiger partial charge in [0, 0.05) is 29.7 Å². The molecule has 1 aromatic rings. The maximum absolute atomic E-state index is 5.96. The van der Waals surface area contributed by atoms with E-state index in [1.807, 2.05) is 6.07 Å². The fourth-order valence-electron chi connectivity index (χ4n) is 1.55. The van der Waals surface area contributed by atoms with Crippen molar-refractivity contribution in [1.29, 1.82) is 0 Å². The third kappa shape index (κ3) is 3.06. The van der Waals surface area contributed by atoms with Gasteiger partial charge in [-0.15, -0.1) is 0 Å². The van der Waals surface area contributed by atoms with E-state index in [1.54, 1.807) is 6.20 Å². The number of nitrogens with one attached hydrogen (secondary N) is 1. The van der Waals surface area contributed by atoms with Crippen molar-refractivity contribution >= 4 is 33.2 Å². The Kier molecular flexibility index (Phi) is 3.83. The van der Waals surface area contributed by atoms with Gasteiger partial charge in [0.15, 0.2) is 5.15 Å². The summed E-state index contributed by atoms with van der Waals surface area (Å²) in [5, 5.41) is 3.80. The lowest BCUT2D eigenvalue weighted by Gasteiger charge is -2.11. The first-order valence-corrected chi connectivity index (χ1v) is 6.05. The van der Waals surface area contributed by atoms with Gasteiger partial charge < -0.3 is 10.1 Å². The SMILES string of the molecule is Clc1ncc(Br)cc1NCC1CCOC1. The molecule has 1 saturated heterocycles. The second-order valence-electron chi connectivity index (χ2n) is 3.60. The Morgan fingerprint density at radius 3 is 3.27 bits per heavy atom. The van der Waals surface area contributed by atoms with Gasteiger partial charge in [-0.1, -0.05) is 11.6 Å². The number of aromatic nitrogens is 1. The Balaban J connectivity index is 1.94. The molecule has 0 bridgehead atoms. The van der Waals surface area contributed by atoms with Gasteiger partial charge in [-0.3, -0.25) is 0 Å². The zero-order valence-corrected chi connectivity index (χ0v) is 10.5. The van der Waals surface area contributed by atoms with E-state index in [4.69, 9.17) is 16.3 Å². The molecule has 3 nitrogen and oxygen atoms in total. The highest BCUT2D eigenvalue weighted by Gasteiger charge is 2.15. The van der Waals surface area contributed by atoms with Crippen LogP contribution in [0.2, 0.25) is 5.15 Å². The standard InChI is InChI=1S/C10H12BrClN2O/c11-8-3-9(10(12)14-5-8)13-4-7-1-2-15-6-7/h3,5,7,13H,1-2,4,6H2. The third-order valence-electron chi connectivity index (χ3n) is 2.41. The van der Waals surface area contributed by atoms with E-state index in [0.717, 1.165) is 36.3 Å². The van der Waals surface area contributed by atoms with Crippen molar-refractivity contribution in [3.8, 4) is 0 Å². The Hall–Kier alpha value is -0.320. The fraction of sp³-hybridized carbons (Fsp3) is 0.500. The molecule has 2 heterocycles. The van der Waals surface area contributed by atoms with Gasteiger partial charge in [0.1, 0.15) is 0 Å². The van der Waals surface area contributed by atoms with Gasteiger partial charge in [-0.25, -0.2) is 4.98 Å². The minimum atomic E-state index is 0.511. The van der Waals surface area contributed by atoms with Crippen molar-refractivity contribution < 1.29 is 4.74 Å². The molecule has 82 valence electrons. The molecular formula is C10H12BrClN2O. The molecule has 1 unspecified atom stereocenters. The summed E-state index contributed by atoms with van der Waals surface area (Å²) >= 11 is 9.32. The number of halogens is 2. The van der Waals surface area contributed by atoms with E-state index in [0.29, 0.717) is 11.1 Å². The van der Waals surface area contributed by atoms with Gasteiger partial charge in [-0.05, 0) is 28.4 Å². The van der Waals surface area contributed by atoms with Gasteiger partial charge in [0.2, 0.25) is 0 Å². The second-order valence-corrected chi connectivity index (χ2v) is 4.88. The average Bonchev–Trinajstić information content (AvgIpc) is 2.72. The number of ether oxygens (including phenoxy) is 1. The average molecular weight is 292 g/mol. The van der Waals surface area contributed by atoms with Crippen LogP contribution in [-0.4, -0.2) is 24.7 Å². The third-order valence-corrected chi connectivity index (χ3v) is 3.15. The summed E-state index contributed by atoms with van der Waals surface area (Å²) in [7, 11) is 0. The van der Waals surface area contributed by atoms with Crippen molar-refractivity contribution in [3.05, 3.63) is 21.9 Å². The van der Waals surface area contributed by atoms with Crippen LogP contribution in [0.15, 0.2) is 16.7 Å². The molecular weight excluding hydrogens is 279 g/mol. The van der Waals surface area contributed by atoms with Gasteiger partial charge in [-0.2, -0.15) is 0 Å². The number of nitrogens with zero attached hydrogens (tertiary/aromatic N) is 1.